The van der Waals surface area contributed by atoms with Crippen LogP contribution < -0.4 is 5.32 Å². The third kappa shape index (κ3) is 4.68. The number of thiazole rings is 2. The number of ether oxygens (including phenoxy) is 1. The Hall–Kier alpha value is -2.23. The minimum atomic E-state index is -2.60. The Labute approximate surface area is 174 Å². The van der Waals surface area contributed by atoms with Crippen LogP contribution in [0.5, 0.6) is 0 Å². The van der Waals surface area contributed by atoms with Crippen LogP contribution in [0.1, 0.15) is 35.5 Å². The van der Waals surface area contributed by atoms with E-state index in [0.29, 0.717) is 40.8 Å². The lowest BCUT2D eigenvalue weighted by Gasteiger charge is -2.33. The quantitative estimate of drug-likeness (QED) is 0.536. The highest BCUT2D eigenvalue weighted by Gasteiger charge is 2.35. The molecule has 1 N–H and O–H groups in total. The van der Waals surface area contributed by atoms with Crippen molar-refractivity contribution in [2.75, 3.05) is 5.32 Å². The number of halogens is 2. The monoisotopic (exact) mass is 435 g/mol. The summed E-state index contributed by atoms with van der Waals surface area (Å²) in [5, 5.41) is 4.82. The van der Waals surface area contributed by atoms with Gasteiger partial charge in [-0.05, 0) is 25.3 Å². The van der Waals surface area contributed by atoms with Crippen LogP contribution in [-0.4, -0.2) is 22.0 Å². The predicted molar refractivity (Wildman–Crippen MR) is 109 cm³/mol. The minimum absolute atomic E-state index is 0.0836. The van der Waals surface area contributed by atoms with Crippen LogP contribution in [0.15, 0.2) is 35.7 Å². The van der Waals surface area contributed by atoms with Crippen LogP contribution in [0.25, 0.3) is 10.6 Å². The Balaban J connectivity index is 1.28. The first kappa shape index (κ1) is 20.1. The number of alkyl halides is 2. The lowest BCUT2D eigenvalue weighted by Crippen LogP contribution is -2.39. The Bertz CT molecular complexity index is 985. The number of aryl methyl sites for hydroxylation is 1. The minimum Gasteiger partial charge on any atom is -0.373 e. The van der Waals surface area contributed by atoms with E-state index in [4.69, 9.17) is 4.74 Å². The van der Waals surface area contributed by atoms with E-state index in [9.17, 15) is 13.6 Å². The van der Waals surface area contributed by atoms with Crippen molar-refractivity contribution >= 4 is 33.7 Å². The standard InChI is InChI=1S/C20H19F2N3O2S2/c1-11-16(29-19(23-11)17(21)22)15-10-28-20(24-15)25-18(26)13-7-14(8-13)27-9-12-5-3-2-4-6-12/h2-6,10,13-14,17H,7-9H2,1H3,(H,24,25,26). The molecule has 2 heterocycles. The molecule has 1 amide bonds. The second-order valence-corrected chi connectivity index (χ2v) is 8.77. The lowest BCUT2D eigenvalue weighted by molar-refractivity contribution is -0.129. The summed E-state index contributed by atoms with van der Waals surface area (Å²) in [4.78, 5) is 21.3. The van der Waals surface area contributed by atoms with Crippen LogP contribution in [-0.2, 0) is 16.1 Å². The number of rotatable bonds is 7. The van der Waals surface area contributed by atoms with E-state index in [0.717, 1.165) is 16.9 Å². The zero-order valence-electron chi connectivity index (χ0n) is 15.6. The molecule has 1 aromatic carbocycles. The maximum absolute atomic E-state index is 12.8. The molecule has 1 fully saturated rings. The Kier molecular flexibility index (Phi) is 5.98. The third-order valence-corrected chi connectivity index (χ3v) is 6.71. The van der Waals surface area contributed by atoms with Crippen molar-refractivity contribution in [2.45, 2.75) is 38.9 Å². The Morgan fingerprint density at radius 2 is 2.03 bits per heavy atom. The van der Waals surface area contributed by atoms with Gasteiger partial charge in [-0.25, -0.2) is 18.7 Å². The summed E-state index contributed by atoms with van der Waals surface area (Å²) in [6.45, 7) is 2.23. The molecule has 0 unspecified atom stereocenters. The van der Waals surface area contributed by atoms with Crippen molar-refractivity contribution < 1.29 is 18.3 Å². The molecule has 0 bridgehead atoms. The summed E-state index contributed by atoms with van der Waals surface area (Å²) < 4.78 is 31.5. The van der Waals surface area contributed by atoms with Gasteiger partial charge in [0, 0.05) is 11.3 Å². The number of benzene rings is 1. The van der Waals surface area contributed by atoms with Gasteiger partial charge in [-0.2, -0.15) is 0 Å². The highest BCUT2D eigenvalue weighted by molar-refractivity contribution is 7.17. The van der Waals surface area contributed by atoms with Crippen LogP contribution in [0.3, 0.4) is 0 Å². The molecule has 1 saturated carbocycles. The van der Waals surface area contributed by atoms with Crippen molar-refractivity contribution in [3.05, 3.63) is 52.0 Å². The first-order chi connectivity index (χ1) is 14.0. The van der Waals surface area contributed by atoms with Crippen LogP contribution in [0.4, 0.5) is 13.9 Å². The second-order valence-electron chi connectivity index (χ2n) is 6.88. The predicted octanol–water partition coefficient (Wildman–Crippen LogP) is 5.45. The highest BCUT2D eigenvalue weighted by atomic mass is 32.1. The van der Waals surface area contributed by atoms with E-state index >= 15 is 0 Å². The summed E-state index contributed by atoms with van der Waals surface area (Å²) in [6.07, 6.45) is -1.14. The third-order valence-electron chi connectivity index (χ3n) is 4.76. The van der Waals surface area contributed by atoms with Gasteiger partial charge in [-0.1, -0.05) is 30.3 Å². The van der Waals surface area contributed by atoms with Crippen LogP contribution >= 0.6 is 22.7 Å². The normalized spacial score (nSPS) is 18.6. The zero-order chi connectivity index (χ0) is 20.4. The first-order valence-corrected chi connectivity index (χ1v) is 10.9. The van der Waals surface area contributed by atoms with E-state index in [2.05, 4.69) is 15.3 Å². The molecular weight excluding hydrogens is 416 g/mol. The summed E-state index contributed by atoms with van der Waals surface area (Å²) in [7, 11) is 0. The first-order valence-electron chi connectivity index (χ1n) is 9.17. The summed E-state index contributed by atoms with van der Waals surface area (Å²) in [6, 6.07) is 9.93. The van der Waals surface area contributed by atoms with Gasteiger partial charge in [-0.15, -0.1) is 22.7 Å². The molecule has 1 aliphatic rings. The smallest absolute Gasteiger partial charge is 0.289 e. The molecule has 0 aliphatic heterocycles. The number of carbonyl (C=O) groups excluding carboxylic acids is 1. The average Bonchev–Trinajstić information content (AvgIpc) is 3.27. The van der Waals surface area contributed by atoms with E-state index < -0.39 is 6.43 Å². The summed E-state index contributed by atoms with van der Waals surface area (Å²) in [5.74, 6) is -0.182. The molecule has 29 heavy (non-hydrogen) atoms. The average molecular weight is 436 g/mol. The van der Waals surface area contributed by atoms with Crippen LogP contribution in [0.2, 0.25) is 0 Å². The summed E-state index contributed by atoms with van der Waals surface area (Å²) >= 11 is 2.21. The fourth-order valence-corrected chi connectivity index (χ4v) is 4.76. The van der Waals surface area contributed by atoms with Gasteiger partial charge in [0.2, 0.25) is 5.91 Å². The maximum atomic E-state index is 12.8. The van der Waals surface area contributed by atoms with Gasteiger partial charge in [0.15, 0.2) is 10.1 Å². The van der Waals surface area contributed by atoms with Gasteiger partial charge >= 0.3 is 0 Å². The fourth-order valence-electron chi connectivity index (χ4n) is 3.10. The Morgan fingerprint density at radius 1 is 1.28 bits per heavy atom. The number of aromatic nitrogens is 2. The summed E-state index contributed by atoms with van der Waals surface area (Å²) in [5.41, 5.74) is 2.19. The van der Waals surface area contributed by atoms with Gasteiger partial charge < -0.3 is 10.1 Å². The molecule has 0 atom stereocenters. The van der Waals surface area contributed by atoms with E-state index in [1.165, 1.54) is 11.3 Å². The molecule has 2 aromatic heterocycles. The number of carbonyl (C=O) groups is 1. The van der Waals surface area contributed by atoms with Gasteiger partial charge in [0.1, 0.15) is 0 Å². The van der Waals surface area contributed by atoms with E-state index in [-0.39, 0.29) is 22.9 Å². The van der Waals surface area contributed by atoms with E-state index in [1.807, 2.05) is 30.3 Å². The lowest BCUT2D eigenvalue weighted by atomic mass is 9.81. The number of nitrogens with one attached hydrogen (secondary N) is 1. The van der Waals surface area contributed by atoms with Crippen LogP contribution in [0, 0.1) is 12.8 Å². The van der Waals surface area contributed by atoms with Crippen molar-refractivity contribution in [1.29, 1.82) is 0 Å². The molecule has 152 valence electrons. The molecule has 1 aliphatic carbocycles. The Morgan fingerprint density at radius 3 is 2.72 bits per heavy atom. The van der Waals surface area contributed by atoms with Crippen molar-refractivity contribution in [2.24, 2.45) is 5.92 Å². The SMILES string of the molecule is Cc1nc(C(F)F)sc1-c1csc(NC(=O)C2CC(OCc3ccccc3)C2)n1. The molecule has 3 aromatic rings. The largest absolute Gasteiger partial charge is 0.373 e. The molecule has 0 radical (unpaired) electrons. The van der Waals surface area contributed by atoms with Crippen molar-refractivity contribution in [1.82, 2.24) is 9.97 Å². The molecular formula is C20H19F2N3O2S2. The molecule has 9 heteroatoms. The number of hydrogen-bond donors (Lipinski definition) is 1. The number of nitrogens with zero attached hydrogens (tertiary/aromatic N) is 2. The maximum Gasteiger partial charge on any atom is 0.289 e. The van der Waals surface area contributed by atoms with E-state index in [1.54, 1.807) is 12.3 Å². The second kappa shape index (κ2) is 8.64. The van der Waals surface area contributed by atoms with Gasteiger partial charge in [-0.3, -0.25) is 4.79 Å². The molecule has 0 saturated heterocycles. The molecule has 5 nitrogen and oxygen atoms in total. The van der Waals surface area contributed by atoms with Crippen molar-refractivity contribution in [3.63, 3.8) is 0 Å². The van der Waals surface area contributed by atoms with Gasteiger partial charge in [0.05, 0.1) is 29.0 Å². The van der Waals surface area contributed by atoms with Crippen molar-refractivity contribution in [3.8, 4) is 10.6 Å². The molecule has 4 rings (SSSR count). The topological polar surface area (TPSA) is 64.1 Å². The fraction of sp³-hybridized carbons (Fsp3) is 0.350. The highest BCUT2D eigenvalue weighted by Crippen LogP contribution is 2.36. The zero-order valence-corrected chi connectivity index (χ0v) is 17.2. The molecule has 0 spiro atoms. The number of amides is 1. The number of anilines is 1. The number of hydrogen-bond acceptors (Lipinski definition) is 6. The van der Waals surface area contributed by atoms with Gasteiger partial charge in [0.25, 0.3) is 6.43 Å².